The lowest BCUT2D eigenvalue weighted by Crippen LogP contribution is -2.50. The van der Waals surface area contributed by atoms with E-state index in [0.717, 1.165) is 49.5 Å². The van der Waals surface area contributed by atoms with Gasteiger partial charge in [-0.15, -0.1) is 0 Å². The Morgan fingerprint density at radius 1 is 1.18 bits per heavy atom. The van der Waals surface area contributed by atoms with Gasteiger partial charge in [0.1, 0.15) is 5.75 Å². The summed E-state index contributed by atoms with van der Waals surface area (Å²) in [6, 6.07) is 6.18. The number of aryl methyl sites for hydroxylation is 2. The van der Waals surface area contributed by atoms with Gasteiger partial charge in [0, 0.05) is 32.7 Å². The number of hydrogen-bond donors (Lipinski definition) is 1. The van der Waals surface area contributed by atoms with Crippen molar-refractivity contribution in [2.24, 2.45) is 0 Å². The highest BCUT2D eigenvalue weighted by Crippen LogP contribution is 2.22. The molecule has 22 heavy (non-hydrogen) atoms. The Labute approximate surface area is 133 Å². The van der Waals surface area contributed by atoms with Crippen LogP contribution in [0.1, 0.15) is 17.5 Å². The maximum Gasteiger partial charge on any atom is 0.317 e. The van der Waals surface area contributed by atoms with Crippen LogP contribution in [0.5, 0.6) is 5.75 Å². The number of hydrogen-bond acceptors (Lipinski definition) is 3. The molecule has 122 valence electrons. The lowest BCUT2D eigenvalue weighted by molar-refractivity contribution is 0.154. The van der Waals surface area contributed by atoms with E-state index in [1.165, 1.54) is 0 Å². The van der Waals surface area contributed by atoms with E-state index >= 15 is 0 Å². The van der Waals surface area contributed by atoms with Crippen LogP contribution in [-0.4, -0.2) is 62.2 Å². The molecule has 2 amide bonds. The average Bonchev–Trinajstić information content (AvgIpc) is 2.50. The zero-order valence-electron chi connectivity index (χ0n) is 13.9. The number of carbonyl (C=O) groups excluding carboxylic acids is 1. The van der Waals surface area contributed by atoms with E-state index in [-0.39, 0.29) is 6.03 Å². The molecule has 0 unspecified atom stereocenters. The molecule has 1 aromatic carbocycles. The number of urea groups is 1. The molecule has 0 radical (unpaired) electrons. The molecule has 1 heterocycles. The summed E-state index contributed by atoms with van der Waals surface area (Å²) in [4.78, 5) is 16.1. The summed E-state index contributed by atoms with van der Waals surface area (Å²) in [5.74, 6) is 0.966. The second-order valence-electron chi connectivity index (χ2n) is 5.95. The van der Waals surface area contributed by atoms with Crippen molar-refractivity contribution in [3.05, 3.63) is 29.3 Å². The lowest BCUT2D eigenvalue weighted by Gasteiger charge is -2.32. The molecule has 1 aliphatic rings. The van der Waals surface area contributed by atoms with Gasteiger partial charge in [0.05, 0.1) is 6.61 Å². The van der Waals surface area contributed by atoms with Gasteiger partial charge in [-0.1, -0.05) is 18.2 Å². The number of rotatable bonds is 5. The van der Waals surface area contributed by atoms with E-state index in [1.807, 2.05) is 11.0 Å². The van der Waals surface area contributed by atoms with E-state index < -0.39 is 0 Å². The molecule has 1 N–H and O–H groups in total. The zero-order valence-corrected chi connectivity index (χ0v) is 13.9. The number of carbonyl (C=O) groups is 1. The summed E-state index contributed by atoms with van der Waals surface area (Å²) >= 11 is 0. The normalized spacial score (nSPS) is 15.7. The molecule has 1 aliphatic heterocycles. The molecule has 0 spiro atoms. The minimum absolute atomic E-state index is 0.0418. The lowest BCUT2D eigenvalue weighted by atomic mass is 10.1. The molecule has 1 fully saturated rings. The topological polar surface area (TPSA) is 44.8 Å². The molecule has 0 bridgehead atoms. The van der Waals surface area contributed by atoms with E-state index in [9.17, 15) is 4.79 Å². The first-order valence-corrected chi connectivity index (χ1v) is 7.98. The minimum atomic E-state index is 0.0418. The van der Waals surface area contributed by atoms with Crippen LogP contribution in [0, 0.1) is 13.8 Å². The summed E-state index contributed by atoms with van der Waals surface area (Å²) in [5, 5.41) is 2.97. The smallest absolute Gasteiger partial charge is 0.317 e. The van der Waals surface area contributed by atoms with Gasteiger partial charge in [-0.2, -0.15) is 0 Å². The van der Waals surface area contributed by atoms with Crippen LogP contribution in [-0.2, 0) is 0 Å². The van der Waals surface area contributed by atoms with Crippen LogP contribution in [0.2, 0.25) is 0 Å². The molecular formula is C17H27N3O2. The molecule has 1 aromatic rings. The van der Waals surface area contributed by atoms with Crippen molar-refractivity contribution in [2.75, 3.05) is 46.4 Å². The van der Waals surface area contributed by atoms with Gasteiger partial charge in [0.25, 0.3) is 0 Å². The van der Waals surface area contributed by atoms with Crippen molar-refractivity contribution < 1.29 is 9.53 Å². The van der Waals surface area contributed by atoms with Gasteiger partial charge in [0.2, 0.25) is 0 Å². The van der Waals surface area contributed by atoms with Crippen molar-refractivity contribution in [3.63, 3.8) is 0 Å². The number of benzene rings is 1. The number of ether oxygens (including phenoxy) is 1. The zero-order chi connectivity index (χ0) is 15.9. The summed E-state index contributed by atoms with van der Waals surface area (Å²) in [7, 11) is 2.08. The van der Waals surface area contributed by atoms with Gasteiger partial charge in [0.15, 0.2) is 0 Å². The van der Waals surface area contributed by atoms with Crippen molar-refractivity contribution >= 4 is 6.03 Å². The molecule has 0 saturated carbocycles. The van der Waals surface area contributed by atoms with Crippen LogP contribution >= 0.6 is 0 Å². The SMILES string of the molecule is Cc1cccc(C)c1OCCCNC(=O)N1CCN(C)CC1. The van der Waals surface area contributed by atoms with Gasteiger partial charge in [-0.3, -0.25) is 0 Å². The van der Waals surface area contributed by atoms with Crippen molar-refractivity contribution in [1.29, 1.82) is 0 Å². The third-order valence-electron chi connectivity index (χ3n) is 4.04. The van der Waals surface area contributed by atoms with Gasteiger partial charge < -0.3 is 19.9 Å². The Hall–Kier alpha value is -1.75. The Kier molecular flexibility index (Phi) is 6.07. The van der Waals surface area contributed by atoms with Crippen LogP contribution in [0.4, 0.5) is 4.79 Å². The van der Waals surface area contributed by atoms with Gasteiger partial charge in [-0.05, 0) is 38.4 Å². The highest BCUT2D eigenvalue weighted by Gasteiger charge is 2.18. The standard InChI is InChI=1S/C17H27N3O2/c1-14-6-4-7-15(2)16(14)22-13-5-8-18-17(21)20-11-9-19(3)10-12-20/h4,6-7H,5,8-13H2,1-3H3,(H,18,21). The molecule has 0 aliphatic carbocycles. The molecule has 0 aromatic heterocycles. The molecule has 5 nitrogen and oxygen atoms in total. The number of para-hydroxylation sites is 1. The van der Waals surface area contributed by atoms with Crippen LogP contribution in [0.3, 0.4) is 0 Å². The molecule has 2 rings (SSSR count). The van der Waals surface area contributed by atoms with Crippen LogP contribution in [0.15, 0.2) is 18.2 Å². The number of nitrogens with zero attached hydrogens (tertiary/aromatic N) is 2. The maximum absolute atomic E-state index is 12.0. The fourth-order valence-corrected chi connectivity index (χ4v) is 2.59. The summed E-state index contributed by atoms with van der Waals surface area (Å²) in [6.45, 7) is 8.88. The van der Waals surface area contributed by atoms with E-state index in [0.29, 0.717) is 13.2 Å². The molecule has 1 saturated heterocycles. The fourth-order valence-electron chi connectivity index (χ4n) is 2.59. The number of amides is 2. The monoisotopic (exact) mass is 305 g/mol. The number of piperazine rings is 1. The molecule has 0 atom stereocenters. The summed E-state index contributed by atoms with van der Waals surface area (Å²) < 4.78 is 5.84. The second kappa shape index (κ2) is 8.03. The highest BCUT2D eigenvalue weighted by atomic mass is 16.5. The highest BCUT2D eigenvalue weighted by molar-refractivity contribution is 5.74. The van der Waals surface area contributed by atoms with Gasteiger partial charge >= 0.3 is 6.03 Å². The predicted molar refractivity (Wildman–Crippen MR) is 88.5 cm³/mol. The Bertz CT molecular complexity index is 476. The minimum Gasteiger partial charge on any atom is -0.493 e. The molecule has 5 heteroatoms. The first kappa shape index (κ1) is 16.6. The quantitative estimate of drug-likeness (QED) is 0.847. The van der Waals surface area contributed by atoms with Crippen molar-refractivity contribution in [2.45, 2.75) is 20.3 Å². The Morgan fingerprint density at radius 2 is 1.82 bits per heavy atom. The van der Waals surface area contributed by atoms with Crippen LogP contribution in [0.25, 0.3) is 0 Å². The van der Waals surface area contributed by atoms with Crippen molar-refractivity contribution in [3.8, 4) is 5.75 Å². The van der Waals surface area contributed by atoms with E-state index in [1.54, 1.807) is 0 Å². The largest absolute Gasteiger partial charge is 0.493 e. The summed E-state index contributed by atoms with van der Waals surface area (Å²) in [6.07, 6.45) is 0.813. The third kappa shape index (κ3) is 4.63. The molecular weight excluding hydrogens is 278 g/mol. The fraction of sp³-hybridized carbons (Fsp3) is 0.588. The second-order valence-corrected chi connectivity index (χ2v) is 5.95. The average molecular weight is 305 g/mol. The number of likely N-dealkylation sites (N-methyl/N-ethyl adjacent to an activating group) is 1. The van der Waals surface area contributed by atoms with Crippen molar-refractivity contribution in [1.82, 2.24) is 15.1 Å². The number of nitrogens with one attached hydrogen (secondary N) is 1. The first-order valence-electron chi connectivity index (χ1n) is 7.98. The Balaban J connectivity index is 1.64. The third-order valence-corrected chi connectivity index (χ3v) is 4.04. The Morgan fingerprint density at radius 3 is 2.45 bits per heavy atom. The van der Waals surface area contributed by atoms with E-state index in [2.05, 4.69) is 43.2 Å². The van der Waals surface area contributed by atoms with Gasteiger partial charge in [-0.25, -0.2) is 4.79 Å². The predicted octanol–water partition coefficient (Wildman–Crippen LogP) is 2.03. The van der Waals surface area contributed by atoms with E-state index in [4.69, 9.17) is 4.74 Å². The maximum atomic E-state index is 12.0. The van der Waals surface area contributed by atoms with Crippen LogP contribution < -0.4 is 10.1 Å². The summed E-state index contributed by atoms with van der Waals surface area (Å²) in [5.41, 5.74) is 2.31. The first-order chi connectivity index (χ1) is 10.6.